The van der Waals surface area contributed by atoms with Gasteiger partial charge in [-0.05, 0) is 23.6 Å². The molecule has 3 amide bonds. The van der Waals surface area contributed by atoms with Gasteiger partial charge in [-0.25, -0.2) is 0 Å². The molecule has 0 saturated carbocycles. The number of imide groups is 1. The van der Waals surface area contributed by atoms with Crippen molar-refractivity contribution in [3.63, 3.8) is 0 Å². The molecule has 1 atom stereocenters. The van der Waals surface area contributed by atoms with Crippen LogP contribution in [-0.4, -0.2) is 28.7 Å². The molecule has 1 unspecified atom stereocenters. The molecule has 3 rings (SSSR count). The maximum absolute atomic E-state index is 12.4. The van der Waals surface area contributed by atoms with E-state index in [4.69, 9.17) is 0 Å². The lowest BCUT2D eigenvalue weighted by Crippen LogP contribution is -2.52. The number of halogens is 2. The van der Waals surface area contributed by atoms with E-state index in [0.717, 1.165) is 16.5 Å². The number of hydrogen-bond acceptors (Lipinski definition) is 3. The molecule has 0 aromatic heterocycles. The number of rotatable bonds is 2. The zero-order chi connectivity index (χ0) is 14.3. The summed E-state index contributed by atoms with van der Waals surface area (Å²) < 4.78 is 0. The van der Waals surface area contributed by atoms with Gasteiger partial charge in [-0.1, -0.05) is 28.1 Å². The van der Waals surface area contributed by atoms with Gasteiger partial charge < -0.3 is 4.90 Å². The van der Waals surface area contributed by atoms with E-state index in [1.165, 1.54) is 0 Å². The molecule has 1 aromatic rings. The maximum atomic E-state index is 12.4. The molecule has 1 aromatic carbocycles. The second-order valence-electron chi connectivity index (χ2n) is 5.03. The topological polar surface area (TPSA) is 66.5 Å². The van der Waals surface area contributed by atoms with Gasteiger partial charge in [0.25, 0.3) is 5.91 Å². The smallest absolute Gasteiger partial charge is 0.255 e. The molecule has 2 aliphatic rings. The number of piperidine rings is 1. The first kappa shape index (κ1) is 16.0. The van der Waals surface area contributed by atoms with E-state index in [2.05, 4.69) is 21.2 Å². The molecule has 112 valence electrons. The normalized spacial score (nSPS) is 20.9. The van der Waals surface area contributed by atoms with E-state index in [1.807, 2.05) is 12.1 Å². The Bertz CT molecular complexity index is 620. The van der Waals surface area contributed by atoms with Gasteiger partial charge in [-0.3, -0.25) is 19.7 Å². The fraction of sp³-hybridized carbons (Fsp3) is 0.357. The third-order valence-electron chi connectivity index (χ3n) is 3.74. The summed E-state index contributed by atoms with van der Waals surface area (Å²) in [5.41, 5.74) is 2.69. The average molecular weight is 374 g/mol. The number of amides is 3. The monoisotopic (exact) mass is 372 g/mol. The molecular formula is C14H14BrClN2O3. The van der Waals surface area contributed by atoms with Crippen LogP contribution in [-0.2, 0) is 21.5 Å². The fourth-order valence-electron chi connectivity index (χ4n) is 2.71. The van der Waals surface area contributed by atoms with Crippen molar-refractivity contribution in [2.75, 3.05) is 0 Å². The summed E-state index contributed by atoms with van der Waals surface area (Å²) in [7, 11) is 0. The number of carbonyl (C=O) groups excluding carboxylic acids is 3. The number of carbonyl (C=O) groups is 3. The van der Waals surface area contributed by atoms with Crippen LogP contribution in [0.1, 0.15) is 34.3 Å². The highest BCUT2D eigenvalue weighted by Crippen LogP contribution is 2.28. The molecule has 1 saturated heterocycles. The first-order valence-corrected chi connectivity index (χ1v) is 7.54. The minimum Gasteiger partial charge on any atom is -0.322 e. The van der Waals surface area contributed by atoms with Crippen LogP contribution in [0.4, 0.5) is 0 Å². The summed E-state index contributed by atoms with van der Waals surface area (Å²) in [5, 5.41) is 3.03. The highest BCUT2D eigenvalue weighted by molar-refractivity contribution is 9.08. The predicted molar refractivity (Wildman–Crippen MR) is 82.4 cm³/mol. The van der Waals surface area contributed by atoms with E-state index in [9.17, 15) is 14.4 Å². The standard InChI is InChI=1S/C14H13BrN2O3.ClH/c15-6-8-1-2-10-9(5-8)7-17(14(10)20)11-3-4-12(18)16-13(11)19;/h1-2,5,11H,3-4,6-7H2,(H,16,18,19);1H. The Morgan fingerprint density at radius 1 is 1.29 bits per heavy atom. The summed E-state index contributed by atoms with van der Waals surface area (Å²) in [6, 6.07) is 5.15. The molecule has 5 nitrogen and oxygen atoms in total. The van der Waals surface area contributed by atoms with Gasteiger partial charge in [0.05, 0.1) is 0 Å². The van der Waals surface area contributed by atoms with Gasteiger partial charge in [0.1, 0.15) is 6.04 Å². The van der Waals surface area contributed by atoms with Crippen LogP contribution in [0.25, 0.3) is 0 Å². The molecule has 1 N–H and O–H groups in total. The van der Waals surface area contributed by atoms with Crippen LogP contribution < -0.4 is 5.32 Å². The number of alkyl halides is 1. The first-order valence-electron chi connectivity index (χ1n) is 6.42. The van der Waals surface area contributed by atoms with Crippen LogP contribution >= 0.6 is 28.3 Å². The van der Waals surface area contributed by atoms with Crippen molar-refractivity contribution in [1.82, 2.24) is 10.2 Å². The van der Waals surface area contributed by atoms with Crippen molar-refractivity contribution in [3.8, 4) is 0 Å². The van der Waals surface area contributed by atoms with Crippen molar-refractivity contribution in [2.45, 2.75) is 30.8 Å². The second-order valence-corrected chi connectivity index (χ2v) is 5.59. The molecule has 0 bridgehead atoms. The zero-order valence-electron chi connectivity index (χ0n) is 11.1. The van der Waals surface area contributed by atoms with Gasteiger partial charge >= 0.3 is 0 Å². The number of nitrogens with zero attached hydrogens (tertiary/aromatic N) is 1. The lowest BCUT2D eigenvalue weighted by molar-refractivity contribution is -0.136. The molecule has 21 heavy (non-hydrogen) atoms. The Balaban J connectivity index is 0.00000161. The molecule has 0 radical (unpaired) electrons. The largest absolute Gasteiger partial charge is 0.322 e. The predicted octanol–water partition coefficient (Wildman–Crippen LogP) is 1.76. The van der Waals surface area contributed by atoms with Crippen molar-refractivity contribution >= 4 is 46.1 Å². The second kappa shape index (κ2) is 6.15. The summed E-state index contributed by atoms with van der Waals surface area (Å²) >= 11 is 3.39. The van der Waals surface area contributed by atoms with Crippen LogP contribution in [0.2, 0.25) is 0 Å². The Morgan fingerprint density at radius 2 is 2.05 bits per heavy atom. The number of benzene rings is 1. The molecule has 0 spiro atoms. The Morgan fingerprint density at radius 3 is 2.71 bits per heavy atom. The summed E-state index contributed by atoms with van der Waals surface area (Å²) in [4.78, 5) is 37.0. The van der Waals surface area contributed by atoms with Crippen LogP contribution in [0.15, 0.2) is 18.2 Å². The molecule has 7 heteroatoms. The molecule has 2 aliphatic heterocycles. The van der Waals surface area contributed by atoms with Gasteiger partial charge in [-0.2, -0.15) is 0 Å². The fourth-order valence-corrected chi connectivity index (χ4v) is 3.06. The van der Waals surface area contributed by atoms with Crippen LogP contribution in [0.3, 0.4) is 0 Å². The minimum absolute atomic E-state index is 0. The number of nitrogens with one attached hydrogen (secondary N) is 1. The Hall–Kier alpha value is -1.40. The lowest BCUT2D eigenvalue weighted by Gasteiger charge is -2.29. The minimum atomic E-state index is -0.542. The summed E-state index contributed by atoms with van der Waals surface area (Å²) in [6.45, 7) is 0.432. The quantitative estimate of drug-likeness (QED) is 0.634. The van der Waals surface area contributed by atoms with Gasteiger partial charge in [-0.15, -0.1) is 12.4 Å². The van der Waals surface area contributed by atoms with Crippen molar-refractivity contribution in [2.24, 2.45) is 0 Å². The van der Waals surface area contributed by atoms with E-state index < -0.39 is 6.04 Å². The molecule has 2 heterocycles. The van der Waals surface area contributed by atoms with Crippen molar-refractivity contribution in [1.29, 1.82) is 0 Å². The molecular weight excluding hydrogens is 360 g/mol. The van der Waals surface area contributed by atoms with Crippen molar-refractivity contribution in [3.05, 3.63) is 34.9 Å². The Kier molecular flexibility index (Phi) is 4.68. The van der Waals surface area contributed by atoms with Gasteiger partial charge in [0.15, 0.2) is 0 Å². The number of hydrogen-bond donors (Lipinski definition) is 1. The SMILES string of the molecule is Cl.O=C1CCC(N2Cc3cc(CBr)ccc3C2=O)C(=O)N1. The van der Waals surface area contributed by atoms with E-state index >= 15 is 0 Å². The highest BCUT2D eigenvalue weighted by atomic mass is 79.9. The molecule has 0 aliphatic carbocycles. The third kappa shape index (κ3) is 2.82. The summed E-state index contributed by atoms with van der Waals surface area (Å²) in [5.74, 6) is -0.768. The van der Waals surface area contributed by atoms with Crippen LogP contribution in [0, 0.1) is 0 Å². The van der Waals surface area contributed by atoms with E-state index in [1.54, 1.807) is 11.0 Å². The Labute approximate surface area is 136 Å². The third-order valence-corrected chi connectivity index (χ3v) is 4.39. The first-order chi connectivity index (χ1) is 9.60. The number of fused-ring (bicyclic) bond motifs is 1. The average Bonchev–Trinajstić information content (AvgIpc) is 2.75. The van der Waals surface area contributed by atoms with Crippen LogP contribution in [0.5, 0.6) is 0 Å². The zero-order valence-corrected chi connectivity index (χ0v) is 13.5. The van der Waals surface area contributed by atoms with E-state index in [-0.39, 0.29) is 36.5 Å². The highest BCUT2D eigenvalue weighted by Gasteiger charge is 2.38. The lowest BCUT2D eigenvalue weighted by atomic mass is 10.0. The van der Waals surface area contributed by atoms with E-state index in [0.29, 0.717) is 18.5 Å². The van der Waals surface area contributed by atoms with Gasteiger partial charge in [0.2, 0.25) is 11.8 Å². The molecule has 1 fully saturated rings. The van der Waals surface area contributed by atoms with Crippen molar-refractivity contribution < 1.29 is 14.4 Å². The van der Waals surface area contributed by atoms with Gasteiger partial charge in [0, 0.05) is 23.9 Å². The maximum Gasteiger partial charge on any atom is 0.255 e. The summed E-state index contributed by atoms with van der Waals surface area (Å²) in [6.07, 6.45) is 0.679.